The summed E-state index contributed by atoms with van der Waals surface area (Å²) in [5, 5.41) is 13.5. The first-order chi connectivity index (χ1) is 14.1. The minimum atomic E-state index is -0.787. The third kappa shape index (κ3) is 4.18. The van der Waals surface area contributed by atoms with E-state index in [-0.39, 0.29) is 24.1 Å². The van der Waals surface area contributed by atoms with Crippen LogP contribution >= 0.6 is 0 Å². The van der Waals surface area contributed by atoms with Crippen molar-refractivity contribution in [1.82, 2.24) is 19.7 Å². The van der Waals surface area contributed by atoms with Crippen LogP contribution in [0.25, 0.3) is 17.1 Å². The molecule has 29 heavy (non-hydrogen) atoms. The third-order valence-electron chi connectivity index (χ3n) is 5.20. The highest BCUT2D eigenvalue weighted by Gasteiger charge is 2.28. The van der Waals surface area contributed by atoms with E-state index in [1.165, 1.54) is 0 Å². The Morgan fingerprint density at radius 3 is 2.21 bits per heavy atom. The van der Waals surface area contributed by atoms with Crippen molar-refractivity contribution in [3.63, 3.8) is 0 Å². The van der Waals surface area contributed by atoms with Gasteiger partial charge in [-0.3, -0.25) is 9.59 Å². The van der Waals surface area contributed by atoms with E-state index in [1.54, 1.807) is 9.58 Å². The van der Waals surface area contributed by atoms with Crippen molar-refractivity contribution in [2.24, 2.45) is 5.92 Å². The fourth-order valence-corrected chi connectivity index (χ4v) is 3.65. The van der Waals surface area contributed by atoms with Gasteiger partial charge in [0.2, 0.25) is 5.82 Å². The number of carbonyl (C=O) groups is 2. The summed E-state index contributed by atoms with van der Waals surface area (Å²) in [6.07, 6.45) is 1.52. The molecule has 1 aromatic heterocycles. The number of rotatable bonds is 5. The predicted octanol–water partition coefficient (Wildman–Crippen LogP) is 3.26. The summed E-state index contributed by atoms with van der Waals surface area (Å²) >= 11 is 0. The lowest BCUT2D eigenvalue weighted by Gasteiger charge is -2.30. The molecule has 0 atom stereocenters. The van der Waals surface area contributed by atoms with Crippen molar-refractivity contribution in [1.29, 1.82) is 0 Å². The number of piperidine rings is 1. The number of benzene rings is 2. The first-order valence-electron chi connectivity index (χ1n) is 9.71. The molecule has 0 aliphatic carbocycles. The molecule has 0 unspecified atom stereocenters. The quantitative estimate of drug-likeness (QED) is 0.722. The standard InChI is InChI=1S/C22H22N4O3/c27-19(28)15-16-11-13-25(14-12-16)22(29)20-23-21(17-7-3-1-4-8-17)26(24-20)18-9-5-2-6-10-18/h1-10,16H,11-15H2,(H,27,28). The molecule has 7 nitrogen and oxygen atoms in total. The first-order valence-corrected chi connectivity index (χ1v) is 9.71. The lowest BCUT2D eigenvalue weighted by atomic mass is 9.93. The van der Waals surface area contributed by atoms with Gasteiger partial charge in [0.05, 0.1) is 5.69 Å². The van der Waals surface area contributed by atoms with Crippen molar-refractivity contribution < 1.29 is 14.7 Å². The molecule has 7 heteroatoms. The number of likely N-dealkylation sites (tertiary alicyclic amines) is 1. The van der Waals surface area contributed by atoms with Crippen LogP contribution in [0.2, 0.25) is 0 Å². The van der Waals surface area contributed by atoms with Crippen LogP contribution in [0.4, 0.5) is 0 Å². The number of para-hydroxylation sites is 1. The fraction of sp³-hybridized carbons (Fsp3) is 0.273. The number of carbonyl (C=O) groups excluding carboxylic acids is 1. The maximum absolute atomic E-state index is 13.0. The Bertz CT molecular complexity index is 936. The molecule has 1 saturated heterocycles. The van der Waals surface area contributed by atoms with Crippen molar-refractivity contribution in [2.75, 3.05) is 13.1 Å². The highest BCUT2D eigenvalue weighted by molar-refractivity contribution is 5.91. The van der Waals surface area contributed by atoms with Crippen LogP contribution in [0.5, 0.6) is 0 Å². The molecule has 148 valence electrons. The van der Waals surface area contributed by atoms with E-state index in [0.29, 0.717) is 31.8 Å². The van der Waals surface area contributed by atoms with E-state index >= 15 is 0 Å². The van der Waals surface area contributed by atoms with Gasteiger partial charge in [0, 0.05) is 25.1 Å². The van der Waals surface area contributed by atoms with Gasteiger partial charge in [-0.15, -0.1) is 5.10 Å². The molecule has 1 fully saturated rings. The molecular weight excluding hydrogens is 368 g/mol. The molecule has 4 rings (SSSR count). The highest BCUT2D eigenvalue weighted by Crippen LogP contribution is 2.24. The van der Waals surface area contributed by atoms with E-state index in [2.05, 4.69) is 10.1 Å². The molecule has 1 amide bonds. The molecule has 3 aromatic rings. The van der Waals surface area contributed by atoms with Gasteiger partial charge >= 0.3 is 5.97 Å². The normalized spacial score (nSPS) is 14.7. The molecule has 1 N–H and O–H groups in total. The van der Waals surface area contributed by atoms with Gasteiger partial charge in [-0.05, 0) is 30.9 Å². The molecule has 2 heterocycles. The van der Waals surface area contributed by atoms with Crippen molar-refractivity contribution in [3.8, 4) is 17.1 Å². The molecule has 1 aliphatic heterocycles. The Morgan fingerprint density at radius 2 is 1.59 bits per heavy atom. The van der Waals surface area contributed by atoms with Crippen molar-refractivity contribution in [2.45, 2.75) is 19.3 Å². The minimum absolute atomic E-state index is 0.117. The largest absolute Gasteiger partial charge is 0.481 e. The van der Waals surface area contributed by atoms with Gasteiger partial charge in [0.1, 0.15) is 0 Å². The lowest BCUT2D eigenvalue weighted by molar-refractivity contribution is -0.138. The number of aliphatic carboxylic acids is 1. The summed E-state index contributed by atoms with van der Waals surface area (Å²) in [6, 6.07) is 19.3. The van der Waals surface area contributed by atoms with Crippen molar-refractivity contribution >= 4 is 11.9 Å². The minimum Gasteiger partial charge on any atom is -0.481 e. The number of carboxylic acids is 1. The highest BCUT2D eigenvalue weighted by atomic mass is 16.4. The predicted molar refractivity (Wildman–Crippen MR) is 108 cm³/mol. The lowest BCUT2D eigenvalue weighted by Crippen LogP contribution is -2.39. The van der Waals surface area contributed by atoms with Crippen molar-refractivity contribution in [3.05, 3.63) is 66.5 Å². The molecular formula is C22H22N4O3. The molecule has 1 aliphatic rings. The first kappa shape index (κ1) is 18.9. The average molecular weight is 390 g/mol. The van der Waals surface area contributed by atoms with Gasteiger partial charge in [-0.2, -0.15) is 0 Å². The summed E-state index contributed by atoms with van der Waals surface area (Å²) in [5.74, 6) is -0.118. The maximum Gasteiger partial charge on any atom is 0.303 e. The molecule has 0 spiro atoms. The number of hydrogen-bond donors (Lipinski definition) is 1. The second-order valence-electron chi connectivity index (χ2n) is 7.21. The maximum atomic E-state index is 13.0. The number of amides is 1. The summed E-state index contributed by atoms with van der Waals surface area (Å²) in [6.45, 7) is 1.05. The summed E-state index contributed by atoms with van der Waals surface area (Å²) in [4.78, 5) is 30.2. The topological polar surface area (TPSA) is 88.3 Å². The van der Waals surface area contributed by atoms with Gasteiger partial charge in [-0.25, -0.2) is 9.67 Å². The fourth-order valence-electron chi connectivity index (χ4n) is 3.65. The van der Waals surface area contributed by atoms with Crippen LogP contribution in [0.15, 0.2) is 60.7 Å². The number of nitrogens with zero attached hydrogens (tertiary/aromatic N) is 4. The Balaban J connectivity index is 1.61. The number of aromatic nitrogens is 3. The van der Waals surface area contributed by atoms with Gasteiger partial charge in [0.25, 0.3) is 5.91 Å². The van der Waals surface area contributed by atoms with E-state index < -0.39 is 5.97 Å². The second kappa shape index (κ2) is 8.26. The molecule has 2 aromatic carbocycles. The second-order valence-corrected chi connectivity index (χ2v) is 7.21. The van der Waals surface area contributed by atoms with E-state index in [1.807, 2.05) is 60.7 Å². The van der Waals surface area contributed by atoms with Gasteiger partial charge in [-0.1, -0.05) is 48.5 Å². The zero-order chi connectivity index (χ0) is 20.2. The van der Waals surface area contributed by atoms with Crippen LogP contribution in [0, 0.1) is 5.92 Å². The molecule has 0 saturated carbocycles. The summed E-state index contributed by atoms with van der Waals surface area (Å²) < 4.78 is 1.69. The zero-order valence-electron chi connectivity index (χ0n) is 15.9. The molecule has 0 radical (unpaired) electrons. The van der Waals surface area contributed by atoms with Gasteiger partial charge < -0.3 is 10.0 Å². The Morgan fingerprint density at radius 1 is 0.966 bits per heavy atom. The average Bonchev–Trinajstić information content (AvgIpc) is 3.20. The van der Waals surface area contributed by atoms with E-state index in [9.17, 15) is 9.59 Å². The summed E-state index contributed by atoms with van der Waals surface area (Å²) in [5.41, 5.74) is 1.71. The Labute approximate surface area is 168 Å². The van der Waals surface area contributed by atoms with Gasteiger partial charge in [0.15, 0.2) is 5.82 Å². The molecule has 0 bridgehead atoms. The third-order valence-corrected chi connectivity index (χ3v) is 5.20. The van der Waals surface area contributed by atoms with Crippen LogP contribution in [-0.2, 0) is 4.79 Å². The monoisotopic (exact) mass is 390 g/mol. The number of hydrogen-bond acceptors (Lipinski definition) is 4. The van der Waals surface area contributed by atoms with Crippen LogP contribution in [0.1, 0.15) is 29.9 Å². The number of carboxylic acid groups (broad SMARTS) is 1. The Hall–Kier alpha value is -3.48. The summed E-state index contributed by atoms with van der Waals surface area (Å²) in [7, 11) is 0. The van der Waals surface area contributed by atoms with E-state index in [4.69, 9.17) is 5.11 Å². The van der Waals surface area contributed by atoms with Crippen LogP contribution in [0.3, 0.4) is 0 Å². The SMILES string of the molecule is O=C(O)CC1CCN(C(=O)c2nc(-c3ccccc3)n(-c3ccccc3)n2)CC1. The van der Waals surface area contributed by atoms with Crippen LogP contribution < -0.4 is 0 Å². The van der Waals surface area contributed by atoms with Crippen LogP contribution in [-0.4, -0.2) is 49.7 Å². The van der Waals surface area contributed by atoms with E-state index in [0.717, 1.165) is 11.3 Å². The smallest absolute Gasteiger partial charge is 0.303 e. The Kier molecular flexibility index (Phi) is 5.37. The zero-order valence-corrected chi connectivity index (χ0v) is 15.9.